The Bertz CT molecular complexity index is 900. The van der Waals surface area contributed by atoms with Gasteiger partial charge in [0.05, 0.1) is 6.54 Å². The molecule has 28 heavy (non-hydrogen) atoms. The third kappa shape index (κ3) is 4.31. The molecule has 0 fully saturated rings. The number of aromatic nitrogens is 3. The normalized spacial score (nSPS) is 15.5. The molecule has 1 aromatic heterocycles. The lowest BCUT2D eigenvalue weighted by molar-refractivity contribution is -0.148. The molecule has 0 saturated carbocycles. The summed E-state index contributed by atoms with van der Waals surface area (Å²) in [6, 6.07) is 1.16. The number of hydrogen-bond acceptors (Lipinski definition) is 3. The fourth-order valence-corrected chi connectivity index (χ4v) is 3.56. The Labute approximate surface area is 163 Å². The van der Waals surface area contributed by atoms with Crippen LogP contribution in [0.2, 0.25) is 0 Å². The van der Waals surface area contributed by atoms with Gasteiger partial charge < -0.3 is 9.47 Å². The van der Waals surface area contributed by atoms with Gasteiger partial charge >= 0.3 is 6.18 Å². The number of carbonyl (C=O) groups excluding carboxylic acids is 1. The predicted molar refractivity (Wildman–Crippen MR) is 87.8 cm³/mol. The van der Waals surface area contributed by atoms with Crippen LogP contribution in [0.3, 0.4) is 0 Å². The zero-order valence-electron chi connectivity index (χ0n) is 14.1. The highest BCUT2D eigenvalue weighted by Gasteiger charge is 2.40. The molecule has 5 nitrogen and oxygen atoms in total. The van der Waals surface area contributed by atoms with Crippen molar-refractivity contribution in [1.82, 2.24) is 19.7 Å². The van der Waals surface area contributed by atoms with E-state index in [0.717, 1.165) is 10.6 Å². The summed E-state index contributed by atoms with van der Waals surface area (Å²) in [4.78, 5) is 13.1. The van der Waals surface area contributed by atoms with E-state index in [-0.39, 0.29) is 43.9 Å². The molecule has 1 atom stereocenters. The van der Waals surface area contributed by atoms with Crippen molar-refractivity contribution in [2.45, 2.75) is 36.9 Å². The van der Waals surface area contributed by atoms with Crippen LogP contribution < -0.4 is 0 Å². The van der Waals surface area contributed by atoms with E-state index in [1.165, 1.54) is 4.90 Å². The SMILES string of the molecule is O=C(C[C@H](Br)Cc1cc(F)c(F)cc1F)N1CCn2c(nnc2C(F)(F)F)C1. The van der Waals surface area contributed by atoms with Crippen molar-refractivity contribution in [3.8, 4) is 0 Å². The monoisotopic (exact) mass is 470 g/mol. The Morgan fingerprint density at radius 2 is 1.79 bits per heavy atom. The Morgan fingerprint density at radius 1 is 1.11 bits per heavy atom. The summed E-state index contributed by atoms with van der Waals surface area (Å²) < 4.78 is 79.4. The molecule has 0 aliphatic carbocycles. The van der Waals surface area contributed by atoms with Gasteiger partial charge in [0.25, 0.3) is 0 Å². The van der Waals surface area contributed by atoms with Gasteiger partial charge in [-0.05, 0) is 18.1 Å². The van der Waals surface area contributed by atoms with Crippen molar-refractivity contribution in [2.24, 2.45) is 0 Å². The van der Waals surface area contributed by atoms with Gasteiger partial charge in [-0.1, -0.05) is 15.9 Å². The lowest BCUT2D eigenvalue weighted by Gasteiger charge is -2.28. The molecule has 1 aliphatic rings. The molecule has 2 heterocycles. The molecule has 3 rings (SSSR count). The molecule has 0 unspecified atom stereocenters. The summed E-state index contributed by atoms with van der Waals surface area (Å²) in [6.07, 6.45) is -4.82. The largest absolute Gasteiger partial charge is 0.451 e. The van der Waals surface area contributed by atoms with E-state index in [1.54, 1.807) is 0 Å². The molecule has 0 N–H and O–H groups in total. The fourth-order valence-electron chi connectivity index (χ4n) is 2.93. The molecule has 0 bridgehead atoms. The maximum atomic E-state index is 13.7. The smallest absolute Gasteiger partial charge is 0.333 e. The second kappa shape index (κ2) is 7.72. The second-order valence-electron chi connectivity index (χ2n) is 6.27. The number of rotatable bonds is 4. The Kier molecular flexibility index (Phi) is 5.69. The van der Waals surface area contributed by atoms with E-state index in [1.807, 2.05) is 0 Å². The first-order valence-corrected chi connectivity index (χ1v) is 9.02. The van der Waals surface area contributed by atoms with Gasteiger partial charge in [0, 0.05) is 30.4 Å². The van der Waals surface area contributed by atoms with Gasteiger partial charge in [0.15, 0.2) is 17.5 Å². The van der Waals surface area contributed by atoms with Gasteiger partial charge in [0.2, 0.25) is 11.7 Å². The van der Waals surface area contributed by atoms with Crippen LogP contribution in [-0.2, 0) is 30.5 Å². The molecule has 12 heteroatoms. The number of fused-ring (bicyclic) bond motifs is 1. The highest BCUT2D eigenvalue weighted by Crippen LogP contribution is 2.29. The molecular formula is C16H13BrF6N4O. The summed E-state index contributed by atoms with van der Waals surface area (Å²) in [6.45, 7) is -0.207. The quantitative estimate of drug-likeness (QED) is 0.390. The number of halogens is 7. The van der Waals surface area contributed by atoms with Gasteiger partial charge in [-0.25, -0.2) is 13.2 Å². The first-order chi connectivity index (χ1) is 13.1. The van der Waals surface area contributed by atoms with Gasteiger partial charge in [0.1, 0.15) is 5.82 Å². The maximum Gasteiger partial charge on any atom is 0.451 e. The van der Waals surface area contributed by atoms with Crippen molar-refractivity contribution >= 4 is 21.8 Å². The topological polar surface area (TPSA) is 51.0 Å². The van der Waals surface area contributed by atoms with Crippen molar-refractivity contribution in [2.75, 3.05) is 6.54 Å². The average Bonchev–Trinajstić information content (AvgIpc) is 3.03. The number of hydrogen-bond donors (Lipinski definition) is 0. The summed E-state index contributed by atoms with van der Waals surface area (Å²) in [5.41, 5.74) is -0.0956. The van der Waals surface area contributed by atoms with Crippen LogP contribution in [0.4, 0.5) is 26.3 Å². The van der Waals surface area contributed by atoms with Crippen LogP contribution in [0.1, 0.15) is 23.6 Å². The number of amides is 1. The van der Waals surface area contributed by atoms with Crippen LogP contribution in [-0.4, -0.2) is 36.9 Å². The summed E-state index contributed by atoms with van der Waals surface area (Å²) >= 11 is 3.21. The first kappa shape index (κ1) is 20.6. The van der Waals surface area contributed by atoms with Crippen molar-refractivity contribution < 1.29 is 31.1 Å². The third-order valence-electron chi connectivity index (χ3n) is 4.29. The summed E-state index contributed by atoms with van der Waals surface area (Å²) in [5, 5.41) is 6.63. The van der Waals surface area contributed by atoms with E-state index >= 15 is 0 Å². The minimum Gasteiger partial charge on any atom is -0.333 e. The Balaban J connectivity index is 1.63. The van der Waals surface area contributed by atoms with Crippen LogP contribution in [0.25, 0.3) is 0 Å². The standard InChI is InChI=1S/C16H13BrF6N4O/c17-9(3-8-4-11(19)12(20)6-10(8)18)5-14(28)26-1-2-27-13(7-26)24-25-15(27)16(21,22)23/h4,6,9H,1-3,5,7H2/t9-/m1/s1. The third-order valence-corrected chi connectivity index (χ3v) is 4.93. The van der Waals surface area contributed by atoms with E-state index < -0.39 is 40.2 Å². The molecule has 2 aromatic rings. The highest BCUT2D eigenvalue weighted by molar-refractivity contribution is 9.09. The lowest BCUT2D eigenvalue weighted by atomic mass is 10.1. The maximum absolute atomic E-state index is 13.7. The van der Waals surface area contributed by atoms with Crippen molar-refractivity contribution in [3.63, 3.8) is 0 Å². The average molecular weight is 471 g/mol. The lowest BCUT2D eigenvalue weighted by Crippen LogP contribution is -2.40. The number of alkyl halides is 4. The summed E-state index contributed by atoms with van der Waals surface area (Å²) in [5.74, 6) is -4.92. The van der Waals surface area contributed by atoms with E-state index in [0.29, 0.717) is 6.07 Å². The van der Waals surface area contributed by atoms with Gasteiger partial charge in [-0.3, -0.25) is 4.79 Å². The molecule has 0 spiro atoms. The highest BCUT2D eigenvalue weighted by atomic mass is 79.9. The molecule has 0 radical (unpaired) electrons. The van der Waals surface area contributed by atoms with Crippen LogP contribution in [0.5, 0.6) is 0 Å². The van der Waals surface area contributed by atoms with Gasteiger partial charge in [-0.2, -0.15) is 13.2 Å². The predicted octanol–water partition coefficient (Wildman–Crippen LogP) is 3.45. The van der Waals surface area contributed by atoms with E-state index in [4.69, 9.17) is 0 Å². The van der Waals surface area contributed by atoms with Crippen LogP contribution in [0.15, 0.2) is 12.1 Å². The number of carbonyl (C=O) groups is 1. The van der Waals surface area contributed by atoms with Crippen molar-refractivity contribution in [1.29, 1.82) is 0 Å². The molecule has 1 aromatic carbocycles. The zero-order valence-corrected chi connectivity index (χ0v) is 15.7. The zero-order chi connectivity index (χ0) is 20.6. The van der Waals surface area contributed by atoms with Crippen molar-refractivity contribution in [3.05, 3.63) is 46.8 Å². The fraction of sp³-hybridized carbons (Fsp3) is 0.438. The second-order valence-corrected chi connectivity index (χ2v) is 7.56. The molecular weight excluding hydrogens is 458 g/mol. The van der Waals surface area contributed by atoms with E-state index in [2.05, 4.69) is 26.1 Å². The molecule has 0 saturated heterocycles. The number of nitrogens with zero attached hydrogens (tertiary/aromatic N) is 4. The summed E-state index contributed by atoms with van der Waals surface area (Å²) in [7, 11) is 0. The molecule has 152 valence electrons. The Hall–Kier alpha value is -2.11. The van der Waals surface area contributed by atoms with Crippen LogP contribution >= 0.6 is 15.9 Å². The first-order valence-electron chi connectivity index (χ1n) is 8.10. The van der Waals surface area contributed by atoms with Gasteiger partial charge in [-0.15, -0.1) is 10.2 Å². The minimum absolute atomic E-state index is 0.0182. The molecule has 1 aliphatic heterocycles. The number of benzene rings is 1. The Morgan fingerprint density at radius 3 is 2.46 bits per heavy atom. The molecule has 1 amide bonds. The minimum atomic E-state index is -4.63. The van der Waals surface area contributed by atoms with E-state index in [9.17, 15) is 31.1 Å². The van der Waals surface area contributed by atoms with Crippen LogP contribution in [0, 0.1) is 17.5 Å².